The highest BCUT2D eigenvalue weighted by Crippen LogP contribution is 2.22. The number of carbonyl (C=O) groups excluding carboxylic acids is 1. The van der Waals surface area contributed by atoms with E-state index in [4.69, 9.17) is 10.8 Å². The fourth-order valence-corrected chi connectivity index (χ4v) is 2.20. The van der Waals surface area contributed by atoms with Crippen LogP contribution in [0.3, 0.4) is 0 Å². The molecule has 0 saturated carbocycles. The van der Waals surface area contributed by atoms with Crippen LogP contribution in [-0.4, -0.2) is 44.7 Å². The Hall–Kier alpha value is -1.97. The molecular weight excluding hydrogens is 256 g/mol. The Balaban J connectivity index is 2.08. The summed E-state index contributed by atoms with van der Waals surface area (Å²) in [6.45, 7) is 2.11. The molecule has 1 atom stereocenters. The van der Waals surface area contributed by atoms with Crippen molar-refractivity contribution in [3.8, 4) is 11.8 Å². The number of nitrogens with zero attached hydrogens (tertiary/aromatic N) is 3. The summed E-state index contributed by atoms with van der Waals surface area (Å²) in [5.41, 5.74) is 5.94. The van der Waals surface area contributed by atoms with Gasteiger partial charge in [-0.15, -0.1) is 0 Å². The first kappa shape index (κ1) is 14.4. The van der Waals surface area contributed by atoms with E-state index in [1.54, 1.807) is 12.3 Å². The van der Waals surface area contributed by atoms with Gasteiger partial charge in [-0.1, -0.05) is 5.92 Å². The Morgan fingerprint density at radius 3 is 3.10 bits per heavy atom. The van der Waals surface area contributed by atoms with Crippen LogP contribution in [0.25, 0.3) is 0 Å². The van der Waals surface area contributed by atoms with Gasteiger partial charge in [-0.3, -0.25) is 4.79 Å². The summed E-state index contributed by atoms with van der Waals surface area (Å²) in [5.74, 6) is 5.89. The second kappa shape index (κ2) is 5.99. The number of amides is 1. The number of aliphatic hydroxyl groups is 1. The molecule has 1 unspecified atom stereocenters. The minimum absolute atomic E-state index is 0.236. The second-order valence-corrected chi connectivity index (χ2v) is 4.97. The Morgan fingerprint density at radius 2 is 2.40 bits per heavy atom. The molecule has 1 aliphatic rings. The summed E-state index contributed by atoms with van der Waals surface area (Å²) in [6.07, 6.45) is 3.22. The molecule has 3 N–H and O–H groups in total. The van der Waals surface area contributed by atoms with Gasteiger partial charge in [0.25, 0.3) is 0 Å². The van der Waals surface area contributed by atoms with Crippen molar-refractivity contribution in [2.24, 2.45) is 5.73 Å². The molecule has 106 valence electrons. The molecule has 1 amide bonds. The first-order valence-corrected chi connectivity index (χ1v) is 6.53. The molecule has 1 saturated heterocycles. The van der Waals surface area contributed by atoms with Crippen molar-refractivity contribution in [3.05, 3.63) is 23.8 Å². The number of likely N-dealkylation sites (tertiary alicyclic amines) is 1. The number of aromatic nitrogens is 2. The molecule has 0 radical (unpaired) electrons. The van der Waals surface area contributed by atoms with Crippen molar-refractivity contribution in [3.63, 3.8) is 0 Å². The number of carbonyl (C=O) groups is 1. The van der Waals surface area contributed by atoms with E-state index < -0.39 is 5.54 Å². The van der Waals surface area contributed by atoms with Gasteiger partial charge in [0.05, 0.1) is 0 Å². The van der Waals surface area contributed by atoms with Gasteiger partial charge in [0.15, 0.2) is 0 Å². The molecule has 2 heterocycles. The Kier molecular flexibility index (Phi) is 4.32. The first-order valence-electron chi connectivity index (χ1n) is 6.53. The van der Waals surface area contributed by atoms with Gasteiger partial charge in [0, 0.05) is 24.9 Å². The molecule has 1 aromatic heterocycles. The summed E-state index contributed by atoms with van der Waals surface area (Å²) >= 11 is 0. The number of aryl methyl sites for hydroxylation is 1. The Bertz CT molecular complexity index is 564. The summed E-state index contributed by atoms with van der Waals surface area (Å²) in [6, 6.07) is 1.79. The minimum Gasteiger partial charge on any atom is -0.376 e. The fourth-order valence-electron chi connectivity index (χ4n) is 2.20. The third-order valence-corrected chi connectivity index (χ3v) is 3.33. The number of hydrogen-bond donors (Lipinski definition) is 2. The van der Waals surface area contributed by atoms with Gasteiger partial charge in [-0.25, -0.2) is 9.97 Å². The zero-order valence-electron chi connectivity index (χ0n) is 11.5. The molecule has 6 nitrogen and oxygen atoms in total. The van der Waals surface area contributed by atoms with Crippen LogP contribution >= 0.6 is 0 Å². The zero-order chi connectivity index (χ0) is 14.6. The van der Waals surface area contributed by atoms with E-state index in [1.807, 2.05) is 6.92 Å². The van der Waals surface area contributed by atoms with E-state index in [0.29, 0.717) is 18.8 Å². The van der Waals surface area contributed by atoms with Gasteiger partial charge in [0.1, 0.15) is 12.3 Å². The molecule has 0 spiro atoms. The molecule has 20 heavy (non-hydrogen) atoms. The summed E-state index contributed by atoms with van der Waals surface area (Å²) in [7, 11) is 0. The van der Waals surface area contributed by atoms with Gasteiger partial charge in [-0.05, 0) is 31.8 Å². The third kappa shape index (κ3) is 3.13. The van der Waals surface area contributed by atoms with Gasteiger partial charge in [0.2, 0.25) is 11.7 Å². The van der Waals surface area contributed by atoms with E-state index in [2.05, 4.69) is 21.8 Å². The van der Waals surface area contributed by atoms with Crippen molar-refractivity contribution < 1.29 is 9.90 Å². The molecule has 1 aromatic rings. The molecular formula is C14H18N4O2. The van der Waals surface area contributed by atoms with E-state index in [9.17, 15) is 4.79 Å². The van der Waals surface area contributed by atoms with Crippen LogP contribution < -0.4 is 5.73 Å². The molecule has 6 heteroatoms. The maximum Gasteiger partial charge on any atom is 0.245 e. The third-order valence-electron chi connectivity index (χ3n) is 3.33. The quantitative estimate of drug-likeness (QED) is 0.728. The molecule has 1 fully saturated rings. The smallest absolute Gasteiger partial charge is 0.245 e. The van der Waals surface area contributed by atoms with Crippen molar-refractivity contribution in [2.75, 3.05) is 13.3 Å². The number of piperidine rings is 1. The maximum absolute atomic E-state index is 12.1. The number of rotatable bonds is 2. The predicted octanol–water partition coefficient (Wildman–Crippen LogP) is -0.204. The molecule has 0 bridgehead atoms. The molecule has 0 aliphatic carbocycles. The Morgan fingerprint density at radius 1 is 1.60 bits per heavy atom. The van der Waals surface area contributed by atoms with E-state index in [-0.39, 0.29) is 19.1 Å². The molecule has 2 rings (SSSR count). The topological polar surface area (TPSA) is 92.3 Å². The minimum atomic E-state index is -1.02. The maximum atomic E-state index is 12.1. The van der Waals surface area contributed by atoms with Crippen LogP contribution in [0.5, 0.6) is 0 Å². The average Bonchev–Trinajstić information content (AvgIpc) is 2.42. The van der Waals surface area contributed by atoms with Crippen molar-refractivity contribution in [2.45, 2.75) is 31.7 Å². The number of nitrogens with two attached hydrogens (primary N) is 1. The largest absolute Gasteiger partial charge is 0.376 e. The van der Waals surface area contributed by atoms with Crippen molar-refractivity contribution >= 4 is 5.91 Å². The van der Waals surface area contributed by atoms with Crippen LogP contribution in [0.2, 0.25) is 0 Å². The lowest BCUT2D eigenvalue weighted by atomic mass is 9.86. The van der Waals surface area contributed by atoms with Gasteiger partial charge in [-0.2, -0.15) is 0 Å². The normalized spacial score (nSPS) is 22.4. The van der Waals surface area contributed by atoms with E-state index in [1.165, 1.54) is 4.90 Å². The highest BCUT2D eigenvalue weighted by atomic mass is 16.3. The predicted molar refractivity (Wildman–Crippen MR) is 73.2 cm³/mol. The van der Waals surface area contributed by atoms with Gasteiger partial charge < -0.3 is 15.7 Å². The second-order valence-electron chi connectivity index (χ2n) is 4.97. The zero-order valence-corrected chi connectivity index (χ0v) is 11.5. The summed E-state index contributed by atoms with van der Waals surface area (Å²) in [5, 5.41) is 9.12. The van der Waals surface area contributed by atoms with Crippen LogP contribution in [0.4, 0.5) is 0 Å². The van der Waals surface area contributed by atoms with Crippen LogP contribution in [-0.2, 0) is 4.79 Å². The lowest BCUT2D eigenvalue weighted by Gasteiger charge is -2.37. The summed E-state index contributed by atoms with van der Waals surface area (Å²) < 4.78 is 0. The Labute approximate surface area is 118 Å². The lowest BCUT2D eigenvalue weighted by molar-refractivity contribution is -0.144. The highest BCUT2D eigenvalue weighted by Gasteiger charge is 2.39. The monoisotopic (exact) mass is 274 g/mol. The molecule has 1 aliphatic heterocycles. The SMILES string of the molecule is Cc1ccnc(C#CCC2(N)CCCN(CO)C2=O)n1. The van der Waals surface area contributed by atoms with Crippen LogP contribution in [0.15, 0.2) is 12.3 Å². The van der Waals surface area contributed by atoms with Crippen molar-refractivity contribution in [1.29, 1.82) is 0 Å². The van der Waals surface area contributed by atoms with Crippen LogP contribution in [0, 0.1) is 18.8 Å². The van der Waals surface area contributed by atoms with Gasteiger partial charge >= 0.3 is 0 Å². The number of aliphatic hydroxyl groups excluding tert-OH is 1. The van der Waals surface area contributed by atoms with E-state index >= 15 is 0 Å². The lowest BCUT2D eigenvalue weighted by Crippen LogP contribution is -2.58. The average molecular weight is 274 g/mol. The molecule has 0 aromatic carbocycles. The standard InChI is InChI=1S/C14H18N4O2/c1-11-5-8-16-12(17-11)4-2-6-14(15)7-3-9-18(10-19)13(14)20/h5,8,19H,3,6-7,9-10,15H2,1H3. The highest BCUT2D eigenvalue weighted by molar-refractivity contribution is 5.87. The van der Waals surface area contributed by atoms with Crippen molar-refractivity contribution in [1.82, 2.24) is 14.9 Å². The van der Waals surface area contributed by atoms with Crippen LogP contribution in [0.1, 0.15) is 30.8 Å². The van der Waals surface area contributed by atoms with E-state index in [0.717, 1.165) is 12.1 Å². The summed E-state index contributed by atoms with van der Waals surface area (Å²) in [4.78, 5) is 21.7. The number of hydrogen-bond acceptors (Lipinski definition) is 5. The fraction of sp³-hybridized carbons (Fsp3) is 0.500. The first-order chi connectivity index (χ1) is 9.55.